The van der Waals surface area contributed by atoms with Crippen molar-refractivity contribution in [1.29, 1.82) is 0 Å². The fourth-order valence-electron chi connectivity index (χ4n) is 6.12. The van der Waals surface area contributed by atoms with Crippen LogP contribution in [0.3, 0.4) is 0 Å². The topological polar surface area (TPSA) is 31.4 Å². The molecule has 6 aromatic rings. The number of thiophene rings is 1. The molecule has 0 amide bonds. The zero-order chi connectivity index (χ0) is 25.6. The lowest BCUT2D eigenvalue weighted by Gasteiger charge is -2.31. The van der Waals surface area contributed by atoms with Gasteiger partial charge < -0.3 is 9.47 Å². The van der Waals surface area contributed by atoms with Gasteiger partial charge in [-0.3, -0.25) is 4.98 Å². The van der Waals surface area contributed by atoms with Gasteiger partial charge in [0.05, 0.1) is 10.4 Å². The second-order valence-corrected chi connectivity index (χ2v) is 12.2. The molecule has 5 heteroatoms. The Labute approximate surface area is 225 Å². The third-order valence-electron chi connectivity index (χ3n) is 7.81. The van der Waals surface area contributed by atoms with Gasteiger partial charge in [-0.2, -0.15) is 0 Å². The van der Waals surface area contributed by atoms with Crippen LogP contribution in [0.5, 0.6) is 22.3 Å². The molecule has 2 aliphatic heterocycles. The first-order chi connectivity index (χ1) is 18.5. The number of aromatic nitrogens is 1. The predicted molar refractivity (Wildman–Crippen MR) is 159 cm³/mol. The largest absolute Gasteiger partial charge is 0.458 e. The lowest BCUT2D eigenvalue weighted by Crippen LogP contribution is -2.57. The standard InChI is InChI=1S/C33H24BNO2S/c1-33(2,3)23-18-20(17-19-9-4-5-10-21(19)23)30-31-22(15-16-35-30)28-32(38-31)37-27-14-8-13-26-29(27)34(28)24-11-6-7-12-25(24)36-26/h4-18H,1-3H3. The summed E-state index contributed by atoms with van der Waals surface area (Å²) in [6.45, 7) is 6.89. The molecule has 0 bridgehead atoms. The van der Waals surface area contributed by atoms with Crippen LogP contribution in [0.1, 0.15) is 26.3 Å². The maximum absolute atomic E-state index is 6.57. The zero-order valence-corrected chi connectivity index (χ0v) is 22.2. The molecule has 0 atom stereocenters. The Kier molecular flexibility index (Phi) is 4.46. The molecule has 38 heavy (non-hydrogen) atoms. The normalized spacial score (nSPS) is 13.5. The number of pyridine rings is 1. The quantitative estimate of drug-likeness (QED) is 0.221. The third-order valence-corrected chi connectivity index (χ3v) is 8.91. The highest BCUT2D eigenvalue weighted by molar-refractivity contribution is 7.24. The van der Waals surface area contributed by atoms with Crippen molar-refractivity contribution in [3.8, 4) is 33.6 Å². The van der Waals surface area contributed by atoms with Gasteiger partial charge in [0.1, 0.15) is 17.2 Å². The van der Waals surface area contributed by atoms with Crippen molar-refractivity contribution < 1.29 is 9.47 Å². The Morgan fingerprint density at radius 1 is 0.737 bits per heavy atom. The number of benzene rings is 4. The molecule has 2 aromatic heterocycles. The van der Waals surface area contributed by atoms with Crippen LogP contribution in [-0.2, 0) is 5.41 Å². The van der Waals surface area contributed by atoms with Gasteiger partial charge in [-0.1, -0.05) is 80.6 Å². The Morgan fingerprint density at radius 2 is 1.50 bits per heavy atom. The zero-order valence-electron chi connectivity index (χ0n) is 21.4. The van der Waals surface area contributed by atoms with Gasteiger partial charge in [-0.15, -0.1) is 0 Å². The SMILES string of the molecule is CC(C)(C)c1cc(-c2nccc3c4c(sc23)Oc2cccc3c2B4c2ccccc2O3)cc2ccccc12. The van der Waals surface area contributed by atoms with E-state index in [4.69, 9.17) is 14.5 Å². The van der Waals surface area contributed by atoms with E-state index in [1.165, 1.54) is 32.6 Å². The average molecular weight is 509 g/mol. The first-order valence-electron chi connectivity index (χ1n) is 13.0. The van der Waals surface area contributed by atoms with Crippen LogP contribution in [0.2, 0.25) is 0 Å². The van der Waals surface area contributed by atoms with E-state index in [1.807, 2.05) is 24.4 Å². The van der Waals surface area contributed by atoms with Crippen molar-refractivity contribution in [1.82, 2.24) is 4.98 Å². The Morgan fingerprint density at radius 3 is 2.37 bits per heavy atom. The maximum atomic E-state index is 6.57. The highest BCUT2D eigenvalue weighted by Gasteiger charge is 2.42. The minimum Gasteiger partial charge on any atom is -0.458 e. The summed E-state index contributed by atoms with van der Waals surface area (Å²) in [5.41, 5.74) is 6.98. The summed E-state index contributed by atoms with van der Waals surface area (Å²) in [7, 11) is 0. The van der Waals surface area contributed by atoms with Crippen molar-refractivity contribution in [3.63, 3.8) is 0 Å². The molecule has 0 unspecified atom stereocenters. The number of nitrogens with zero attached hydrogens (tertiary/aromatic N) is 1. The van der Waals surface area contributed by atoms with Gasteiger partial charge in [-0.25, -0.2) is 0 Å². The number of ether oxygens (including phenoxy) is 2. The molecule has 2 aliphatic rings. The van der Waals surface area contributed by atoms with Crippen molar-refractivity contribution in [2.24, 2.45) is 0 Å². The van der Waals surface area contributed by atoms with Crippen LogP contribution < -0.4 is 25.9 Å². The van der Waals surface area contributed by atoms with Crippen molar-refractivity contribution in [2.45, 2.75) is 26.2 Å². The van der Waals surface area contributed by atoms with Gasteiger partial charge in [-0.05, 0) is 74.5 Å². The minimum atomic E-state index is 0.00512. The lowest BCUT2D eigenvalue weighted by molar-refractivity contribution is 0.470. The highest BCUT2D eigenvalue weighted by Crippen LogP contribution is 2.43. The summed E-state index contributed by atoms with van der Waals surface area (Å²) in [5, 5.41) is 4.67. The minimum absolute atomic E-state index is 0.00512. The molecular formula is C33H24BNO2S. The molecule has 0 aliphatic carbocycles. The van der Waals surface area contributed by atoms with E-state index in [0.717, 1.165) is 43.7 Å². The molecular weight excluding hydrogens is 485 g/mol. The molecule has 182 valence electrons. The van der Waals surface area contributed by atoms with E-state index in [1.54, 1.807) is 11.3 Å². The summed E-state index contributed by atoms with van der Waals surface area (Å²) in [4.78, 5) is 4.96. The van der Waals surface area contributed by atoms with Crippen molar-refractivity contribution in [2.75, 3.05) is 0 Å². The van der Waals surface area contributed by atoms with Crippen LogP contribution in [0.15, 0.2) is 91.1 Å². The number of para-hydroxylation sites is 1. The molecule has 4 heterocycles. The van der Waals surface area contributed by atoms with E-state index >= 15 is 0 Å². The first kappa shape index (κ1) is 21.9. The lowest BCUT2D eigenvalue weighted by atomic mass is 9.35. The molecule has 8 rings (SSSR count). The van der Waals surface area contributed by atoms with Gasteiger partial charge >= 0.3 is 0 Å². The van der Waals surface area contributed by atoms with Crippen LogP contribution in [0, 0.1) is 0 Å². The van der Waals surface area contributed by atoms with E-state index in [0.29, 0.717) is 0 Å². The summed E-state index contributed by atoms with van der Waals surface area (Å²) >= 11 is 1.70. The number of fused-ring (bicyclic) bond motifs is 7. The Balaban J connectivity index is 1.41. The van der Waals surface area contributed by atoms with Crippen molar-refractivity contribution in [3.05, 3.63) is 96.7 Å². The number of hydrogen-bond donors (Lipinski definition) is 0. The van der Waals surface area contributed by atoms with Crippen LogP contribution in [0.4, 0.5) is 0 Å². The summed E-state index contributed by atoms with van der Waals surface area (Å²) < 4.78 is 14.1. The molecule has 3 nitrogen and oxygen atoms in total. The Bertz CT molecular complexity index is 1930. The number of rotatable bonds is 1. The van der Waals surface area contributed by atoms with E-state index < -0.39 is 0 Å². The highest BCUT2D eigenvalue weighted by atomic mass is 32.1. The molecule has 0 radical (unpaired) electrons. The van der Waals surface area contributed by atoms with Crippen LogP contribution in [0.25, 0.3) is 32.1 Å². The molecule has 0 saturated carbocycles. The fourth-order valence-corrected chi connectivity index (χ4v) is 7.33. The van der Waals surface area contributed by atoms with Gasteiger partial charge in [0, 0.05) is 17.2 Å². The maximum Gasteiger partial charge on any atom is 0.262 e. The summed E-state index contributed by atoms with van der Waals surface area (Å²) in [6.07, 6.45) is 1.95. The molecule has 4 aromatic carbocycles. The second-order valence-electron chi connectivity index (χ2n) is 11.2. The van der Waals surface area contributed by atoms with Gasteiger partial charge in [0.15, 0.2) is 5.06 Å². The average Bonchev–Trinajstić information content (AvgIpc) is 3.30. The first-order valence-corrected chi connectivity index (χ1v) is 13.8. The smallest absolute Gasteiger partial charge is 0.262 e. The molecule has 0 fully saturated rings. The third kappa shape index (κ3) is 3.06. The summed E-state index contributed by atoms with van der Waals surface area (Å²) in [6, 6.07) is 29.9. The van der Waals surface area contributed by atoms with Crippen molar-refractivity contribution >= 4 is 55.3 Å². The van der Waals surface area contributed by atoms with Crippen LogP contribution >= 0.6 is 11.3 Å². The van der Waals surface area contributed by atoms with Gasteiger partial charge in [0.25, 0.3) is 6.71 Å². The molecule has 0 N–H and O–H groups in total. The Hall–Kier alpha value is -4.09. The van der Waals surface area contributed by atoms with Crippen LogP contribution in [-0.4, -0.2) is 11.7 Å². The fraction of sp³-hybridized carbons (Fsp3) is 0.121. The number of hydrogen-bond acceptors (Lipinski definition) is 4. The van der Waals surface area contributed by atoms with E-state index in [2.05, 4.69) is 87.5 Å². The predicted octanol–water partition coefficient (Wildman–Crippen LogP) is 7.14. The monoisotopic (exact) mass is 509 g/mol. The molecule has 0 spiro atoms. The van der Waals surface area contributed by atoms with Gasteiger partial charge in [0.2, 0.25) is 0 Å². The van der Waals surface area contributed by atoms with E-state index in [9.17, 15) is 0 Å². The van der Waals surface area contributed by atoms with E-state index in [-0.39, 0.29) is 12.1 Å². The molecule has 0 saturated heterocycles. The summed E-state index contributed by atoms with van der Waals surface area (Å²) in [5.74, 6) is 2.65. The second kappa shape index (κ2) is 7.72.